The van der Waals surface area contributed by atoms with Crippen LogP contribution in [0.2, 0.25) is 0 Å². The fourth-order valence-electron chi connectivity index (χ4n) is 2.77. The third-order valence-corrected chi connectivity index (χ3v) is 4.41. The van der Waals surface area contributed by atoms with Crippen molar-refractivity contribution >= 4 is 5.91 Å². The van der Waals surface area contributed by atoms with Gasteiger partial charge < -0.3 is 10.1 Å². The van der Waals surface area contributed by atoms with Crippen LogP contribution in [-0.2, 0) is 18.8 Å². The summed E-state index contributed by atoms with van der Waals surface area (Å²) >= 11 is 0. The molecule has 2 rings (SSSR count). The van der Waals surface area contributed by atoms with E-state index in [4.69, 9.17) is 4.74 Å². The third kappa shape index (κ3) is 4.12. The van der Waals surface area contributed by atoms with Crippen LogP contribution in [-0.4, -0.2) is 58.3 Å². The van der Waals surface area contributed by atoms with Gasteiger partial charge in [0.15, 0.2) is 0 Å². The van der Waals surface area contributed by atoms with E-state index in [1.165, 1.54) is 24.7 Å². The number of nitrogens with zero attached hydrogens (tertiary/aromatic N) is 3. The highest BCUT2D eigenvalue weighted by Gasteiger charge is 2.22. The van der Waals surface area contributed by atoms with Gasteiger partial charge in [-0.1, -0.05) is 0 Å². The van der Waals surface area contributed by atoms with E-state index in [2.05, 4.69) is 24.1 Å². The molecule has 1 aromatic rings. The summed E-state index contributed by atoms with van der Waals surface area (Å²) in [4.78, 5) is 38.1. The average Bonchev–Trinajstić information content (AvgIpc) is 2.56. The molecule has 1 amide bonds. The van der Waals surface area contributed by atoms with Crippen molar-refractivity contribution in [1.29, 1.82) is 0 Å². The quantitative estimate of drug-likeness (QED) is 0.768. The lowest BCUT2D eigenvalue weighted by atomic mass is 10.1. The Morgan fingerprint density at radius 2 is 2.04 bits per heavy atom. The van der Waals surface area contributed by atoms with Gasteiger partial charge in [0.05, 0.1) is 12.7 Å². The molecular weight excluding hydrogens is 312 g/mol. The fraction of sp³-hybridized carbons (Fsp3) is 0.688. The van der Waals surface area contributed by atoms with Crippen LogP contribution in [0.5, 0.6) is 0 Å². The first-order valence-electron chi connectivity index (χ1n) is 8.22. The molecule has 1 unspecified atom stereocenters. The first kappa shape index (κ1) is 18.4. The first-order valence-corrected chi connectivity index (χ1v) is 8.22. The zero-order chi connectivity index (χ0) is 17.9. The number of hydrogen-bond acceptors (Lipinski definition) is 5. The molecule has 24 heavy (non-hydrogen) atoms. The van der Waals surface area contributed by atoms with Gasteiger partial charge in [-0.3, -0.25) is 23.6 Å². The maximum atomic E-state index is 12.2. The van der Waals surface area contributed by atoms with Crippen LogP contribution in [0.25, 0.3) is 0 Å². The van der Waals surface area contributed by atoms with Crippen molar-refractivity contribution in [1.82, 2.24) is 19.4 Å². The Bertz CT molecular complexity index is 707. The van der Waals surface area contributed by atoms with E-state index in [0.29, 0.717) is 25.6 Å². The molecule has 0 radical (unpaired) electrons. The van der Waals surface area contributed by atoms with Gasteiger partial charge in [-0.05, 0) is 20.3 Å². The van der Waals surface area contributed by atoms with Crippen LogP contribution >= 0.6 is 0 Å². The minimum Gasteiger partial charge on any atom is -0.375 e. The molecule has 134 valence electrons. The maximum absolute atomic E-state index is 12.2. The largest absolute Gasteiger partial charge is 0.375 e. The molecule has 1 atom stereocenters. The second-order valence-electron chi connectivity index (χ2n) is 6.39. The van der Waals surface area contributed by atoms with Gasteiger partial charge in [-0.25, -0.2) is 4.79 Å². The van der Waals surface area contributed by atoms with Gasteiger partial charge in [-0.2, -0.15) is 0 Å². The average molecular weight is 338 g/mol. The Kier molecular flexibility index (Phi) is 5.95. The first-order chi connectivity index (χ1) is 11.3. The van der Waals surface area contributed by atoms with E-state index in [-0.39, 0.29) is 11.8 Å². The normalized spacial score (nSPS) is 18.8. The molecule has 1 aliphatic heterocycles. The SMILES string of the molecule is CC(C)N1CCOC(CCNC(=O)c2cc(=O)n(C)c(=O)n2C)C1. The lowest BCUT2D eigenvalue weighted by molar-refractivity contribution is -0.0412. The molecule has 8 heteroatoms. The highest BCUT2D eigenvalue weighted by atomic mass is 16.5. The van der Waals surface area contributed by atoms with Gasteiger partial charge in [-0.15, -0.1) is 0 Å². The van der Waals surface area contributed by atoms with Crippen LogP contribution < -0.4 is 16.6 Å². The van der Waals surface area contributed by atoms with Crippen LogP contribution in [0.1, 0.15) is 30.8 Å². The summed E-state index contributed by atoms with van der Waals surface area (Å²) in [5.74, 6) is -0.427. The summed E-state index contributed by atoms with van der Waals surface area (Å²) in [6.07, 6.45) is 0.766. The molecule has 0 spiro atoms. The monoisotopic (exact) mass is 338 g/mol. The minimum absolute atomic E-state index is 0.0662. The number of nitrogens with one attached hydrogen (secondary N) is 1. The molecule has 2 heterocycles. The molecule has 1 aromatic heterocycles. The summed E-state index contributed by atoms with van der Waals surface area (Å²) < 4.78 is 7.86. The molecule has 1 aliphatic rings. The number of amides is 1. The minimum atomic E-state index is -0.518. The van der Waals surface area contributed by atoms with E-state index >= 15 is 0 Å². The van der Waals surface area contributed by atoms with Crippen molar-refractivity contribution in [3.05, 3.63) is 32.6 Å². The Morgan fingerprint density at radius 1 is 1.33 bits per heavy atom. The second-order valence-corrected chi connectivity index (χ2v) is 6.39. The molecule has 0 aliphatic carbocycles. The molecule has 1 fully saturated rings. The van der Waals surface area contributed by atoms with E-state index < -0.39 is 17.2 Å². The molecule has 0 saturated carbocycles. The number of carbonyl (C=O) groups is 1. The van der Waals surface area contributed by atoms with Crippen LogP contribution in [0.4, 0.5) is 0 Å². The molecule has 1 saturated heterocycles. The lowest BCUT2D eigenvalue weighted by Gasteiger charge is -2.35. The number of rotatable bonds is 5. The zero-order valence-electron chi connectivity index (χ0n) is 14.7. The summed E-state index contributed by atoms with van der Waals surface area (Å²) in [6.45, 7) is 7.20. The molecule has 0 bridgehead atoms. The van der Waals surface area contributed by atoms with Gasteiger partial charge in [0.25, 0.3) is 11.5 Å². The van der Waals surface area contributed by atoms with Gasteiger partial charge in [0.1, 0.15) is 5.69 Å². The predicted molar refractivity (Wildman–Crippen MR) is 90.3 cm³/mol. The second kappa shape index (κ2) is 7.76. The van der Waals surface area contributed by atoms with E-state index in [1.807, 2.05) is 0 Å². The van der Waals surface area contributed by atoms with E-state index in [9.17, 15) is 14.4 Å². The summed E-state index contributed by atoms with van der Waals surface area (Å²) in [5.41, 5.74) is -0.946. The number of carbonyl (C=O) groups excluding carboxylic acids is 1. The standard InChI is InChI=1S/C16H26N4O4/c1-11(2)20-7-8-24-12(10-20)5-6-17-15(22)13-9-14(21)19(4)16(23)18(13)3/h9,11-12H,5-8,10H2,1-4H3,(H,17,22). The van der Waals surface area contributed by atoms with Crippen LogP contribution in [0.3, 0.4) is 0 Å². The zero-order valence-corrected chi connectivity index (χ0v) is 14.7. The Labute approximate surface area is 141 Å². The van der Waals surface area contributed by atoms with Crippen LogP contribution in [0.15, 0.2) is 15.7 Å². The van der Waals surface area contributed by atoms with Crippen molar-refractivity contribution in [3.63, 3.8) is 0 Å². The molecule has 1 N–H and O–H groups in total. The highest BCUT2D eigenvalue weighted by molar-refractivity contribution is 5.92. The maximum Gasteiger partial charge on any atom is 0.331 e. The third-order valence-electron chi connectivity index (χ3n) is 4.41. The lowest BCUT2D eigenvalue weighted by Crippen LogP contribution is -2.47. The van der Waals surface area contributed by atoms with Crippen molar-refractivity contribution < 1.29 is 9.53 Å². The number of aromatic nitrogens is 2. The fourth-order valence-corrected chi connectivity index (χ4v) is 2.77. The van der Waals surface area contributed by atoms with E-state index in [0.717, 1.165) is 17.7 Å². The number of hydrogen-bond donors (Lipinski definition) is 1. The number of ether oxygens (including phenoxy) is 1. The summed E-state index contributed by atoms with van der Waals surface area (Å²) in [6, 6.07) is 1.65. The van der Waals surface area contributed by atoms with Crippen molar-refractivity contribution in [3.8, 4) is 0 Å². The van der Waals surface area contributed by atoms with Gasteiger partial charge >= 0.3 is 5.69 Å². The predicted octanol–water partition coefficient (Wildman–Crippen LogP) is -0.687. The molecule has 0 aromatic carbocycles. The molecular formula is C16H26N4O4. The smallest absolute Gasteiger partial charge is 0.331 e. The van der Waals surface area contributed by atoms with Crippen molar-refractivity contribution in [2.45, 2.75) is 32.4 Å². The Hall–Kier alpha value is -1.93. The highest BCUT2D eigenvalue weighted by Crippen LogP contribution is 2.11. The summed E-state index contributed by atoms with van der Waals surface area (Å²) in [5, 5.41) is 2.76. The van der Waals surface area contributed by atoms with Crippen molar-refractivity contribution in [2.75, 3.05) is 26.2 Å². The molecule has 8 nitrogen and oxygen atoms in total. The Morgan fingerprint density at radius 3 is 2.71 bits per heavy atom. The Balaban J connectivity index is 1.92. The van der Waals surface area contributed by atoms with E-state index in [1.54, 1.807) is 0 Å². The van der Waals surface area contributed by atoms with Crippen molar-refractivity contribution in [2.24, 2.45) is 14.1 Å². The topological polar surface area (TPSA) is 85.6 Å². The van der Waals surface area contributed by atoms with Gasteiger partial charge in [0, 0.05) is 45.8 Å². The van der Waals surface area contributed by atoms with Crippen LogP contribution in [0, 0.1) is 0 Å². The summed E-state index contributed by atoms with van der Waals surface area (Å²) in [7, 11) is 2.86. The number of morpholine rings is 1. The van der Waals surface area contributed by atoms with Gasteiger partial charge in [0.2, 0.25) is 0 Å².